The number of alkyl halides is 6. The summed E-state index contributed by atoms with van der Waals surface area (Å²) in [6.07, 6.45) is -9.05. The molecule has 0 aliphatic heterocycles. The van der Waals surface area contributed by atoms with Gasteiger partial charge in [-0.3, -0.25) is 9.59 Å². The second kappa shape index (κ2) is 13.0. The summed E-state index contributed by atoms with van der Waals surface area (Å²) < 4.78 is 88.5. The van der Waals surface area contributed by atoms with Gasteiger partial charge in [0.2, 0.25) is 0 Å². The van der Waals surface area contributed by atoms with Crippen molar-refractivity contribution in [3.05, 3.63) is 46.5 Å². The van der Waals surface area contributed by atoms with E-state index in [1.807, 2.05) is 0 Å². The van der Waals surface area contributed by atoms with Crippen LogP contribution in [0.25, 0.3) is 10.8 Å². The summed E-state index contributed by atoms with van der Waals surface area (Å²) in [7, 11) is 2.18. The maximum absolute atomic E-state index is 13.5. The monoisotopic (exact) mass is 630 g/mol. The van der Waals surface area contributed by atoms with Gasteiger partial charge in [-0.1, -0.05) is 0 Å². The van der Waals surface area contributed by atoms with Crippen LogP contribution in [0.1, 0.15) is 92.8 Å². The number of halogens is 6. The second-order valence-electron chi connectivity index (χ2n) is 11.2. The summed E-state index contributed by atoms with van der Waals surface area (Å²) >= 11 is 0. The van der Waals surface area contributed by atoms with Crippen LogP contribution in [0.2, 0.25) is 0 Å². The number of nitrogens with one attached hydrogen (secondary N) is 2. The minimum absolute atomic E-state index is 0.0716. The third-order valence-electron chi connectivity index (χ3n) is 8.51. The SMILES string of the molecule is COC(=O)c1ccc(C(=O)NC2CCC(C(F)(F)F)CC2)c2c(C(=O)OC)ccc(C(=O)NC3CCC(C(F)(F)F)CC3)c12. The number of amides is 2. The van der Waals surface area contributed by atoms with Crippen LogP contribution in [0.5, 0.6) is 0 Å². The smallest absolute Gasteiger partial charge is 0.391 e. The molecule has 2 aromatic rings. The Morgan fingerprint density at radius 2 is 0.864 bits per heavy atom. The van der Waals surface area contributed by atoms with E-state index in [0.717, 1.165) is 14.2 Å². The topological polar surface area (TPSA) is 111 Å². The highest BCUT2D eigenvalue weighted by Gasteiger charge is 2.43. The van der Waals surface area contributed by atoms with E-state index in [9.17, 15) is 45.5 Å². The van der Waals surface area contributed by atoms with Crippen molar-refractivity contribution in [1.82, 2.24) is 10.6 Å². The van der Waals surface area contributed by atoms with Gasteiger partial charge >= 0.3 is 24.3 Å². The average Bonchev–Trinajstić information content (AvgIpc) is 2.98. The molecule has 0 saturated heterocycles. The second-order valence-corrected chi connectivity index (χ2v) is 11.2. The highest BCUT2D eigenvalue weighted by molar-refractivity contribution is 6.23. The van der Waals surface area contributed by atoms with Gasteiger partial charge in [0, 0.05) is 34.0 Å². The summed E-state index contributed by atoms with van der Waals surface area (Å²) in [5.41, 5.74) is -0.597. The summed E-state index contributed by atoms with van der Waals surface area (Å²) in [5, 5.41) is 5.19. The molecule has 4 rings (SSSR count). The molecule has 44 heavy (non-hydrogen) atoms. The van der Waals surface area contributed by atoms with E-state index in [-0.39, 0.29) is 84.4 Å². The van der Waals surface area contributed by atoms with Gasteiger partial charge in [-0.15, -0.1) is 0 Å². The predicted octanol–water partition coefficient (Wildman–Crippen LogP) is 6.11. The van der Waals surface area contributed by atoms with E-state index >= 15 is 0 Å². The van der Waals surface area contributed by atoms with Gasteiger partial charge in [-0.05, 0) is 75.6 Å². The Morgan fingerprint density at radius 1 is 0.568 bits per heavy atom. The van der Waals surface area contributed by atoms with Crippen molar-refractivity contribution in [2.75, 3.05) is 14.2 Å². The third-order valence-corrected chi connectivity index (χ3v) is 8.51. The number of carbonyl (C=O) groups excluding carboxylic acids is 4. The summed E-state index contributed by atoms with van der Waals surface area (Å²) in [6.45, 7) is 0. The van der Waals surface area contributed by atoms with Crippen LogP contribution in [0.4, 0.5) is 26.3 Å². The largest absolute Gasteiger partial charge is 0.465 e. The molecule has 14 heteroatoms. The number of rotatable bonds is 6. The first-order valence-corrected chi connectivity index (χ1v) is 14.2. The zero-order valence-corrected chi connectivity index (χ0v) is 24.0. The summed E-state index contributed by atoms with van der Waals surface area (Å²) in [4.78, 5) is 52.7. The van der Waals surface area contributed by atoms with Crippen molar-refractivity contribution in [1.29, 1.82) is 0 Å². The molecule has 2 amide bonds. The lowest BCUT2D eigenvalue weighted by Crippen LogP contribution is -2.40. The van der Waals surface area contributed by atoms with Crippen LogP contribution in [0.15, 0.2) is 24.3 Å². The molecule has 2 aliphatic rings. The fourth-order valence-corrected chi connectivity index (χ4v) is 6.09. The zero-order chi connectivity index (χ0) is 32.4. The van der Waals surface area contributed by atoms with Gasteiger partial charge < -0.3 is 20.1 Å². The molecule has 0 spiro atoms. The predicted molar refractivity (Wildman–Crippen MR) is 145 cm³/mol. The Hall–Kier alpha value is -3.84. The van der Waals surface area contributed by atoms with Crippen LogP contribution in [0, 0.1) is 11.8 Å². The Balaban J connectivity index is 1.72. The highest BCUT2D eigenvalue weighted by atomic mass is 19.4. The first kappa shape index (κ1) is 33.1. The van der Waals surface area contributed by atoms with Crippen LogP contribution < -0.4 is 10.6 Å². The third kappa shape index (κ3) is 7.10. The normalized spacial score (nSPS) is 22.6. The van der Waals surface area contributed by atoms with Crippen molar-refractivity contribution in [3.63, 3.8) is 0 Å². The molecule has 2 saturated carbocycles. The average molecular weight is 631 g/mol. The number of esters is 2. The highest BCUT2D eigenvalue weighted by Crippen LogP contribution is 2.39. The van der Waals surface area contributed by atoms with Gasteiger partial charge in [-0.25, -0.2) is 9.59 Å². The summed E-state index contributed by atoms with van der Waals surface area (Å²) in [6, 6.07) is 3.79. The lowest BCUT2D eigenvalue weighted by molar-refractivity contribution is -0.183. The minimum Gasteiger partial charge on any atom is -0.465 e. The van der Waals surface area contributed by atoms with E-state index in [1.165, 1.54) is 24.3 Å². The molecule has 2 N–H and O–H groups in total. The molecule has 2 aliphatic carbocycles. The number of carbonyl (C=O) groups is 4. The van der Waals surface area contributed by atoms with Crippen LogP contribution >= 0.6 is 0 Å². The van der Waals surface area contributed by atoms with Gasteiger partial charge in [0.1, 0.15) is 0 Å². The Morgan fingerprint density at radius 3 is 1.14 bits per heavy atom. The number of ether oxygens (including phenoxy) is 2. The van der Waals surface area contributed by atoms with Crippen LogP contribution in [0.3, 0.4) is 0 Å². The zero-order valence-electron chi connectivity index (χ0n) is 24.0. The first-order chi connectivity index (χ1) is 20.6. The number of hydrogen-bond donors (Lipinski definition) is 2. The maximum atomic E-state index is 13.5. The van der Waals surface area contributed by atoms with E-state index in [4.69, 9.17) is 9.47 Å². The fraction of sp³-hybridized carbons (Fsp3) is 0.533. The molecular formula is C30H32F6N2O6. The quantitative estimate of drug-likeness (QED) is 0.294. The first-order valence-electron chi connectivity index (χ1n) is 14.2. The van der Waals surface area contributed by atoms with E-state index in [1.54, 1.807) is 0 Å². The van der Waals surface area contributed by atoms with Crippen molar-refractivity contribution in [3.8, 4) is 0 Å². The molecule has 0 unspecified atom stereocenters. The van der Waals surface area contributed by atoms with Crippen LogP contribution in [-0.4, -0.2) is 62.4 Å². The fourth-order valence-electron chi connectivity index (χ4n) is 6.09. The Labute approximate surface area is 248 Å². The van der Waals surface area contributed by atoms with E-state index in [0.29, 0.717) is 0 Å². The number of fused-ring (bicyclic) bond motifs is 1. The van der Waals surface area contributed by atoms with Gasteiger partial charge in [0.25, 0.3) is 11.8 Å². The standard InChI is InChI=1S/C30H32F6N2O6/c1-43-27(41)21-13-11-20(26(40)38-18-9-5-16(6-10-18)30(34,35)36)24-22(28(42)44-2)14-12-19(23(21)24)25(39)37-17-7-3-15(4-8-17)29(31,32)33/h11-18H,3-10H2,1-2H3,(H,37,39)(H,38,40). The van der Waals surface area contributed by atoms with Crippen molar-refractivity contribution in [2.24, 2.45) is 11.8 Å². The van der Waals surface area contributed by atoms with Gasteiger partial charge in [-0.2, -0.15) is 26.3 Å². The van der Waals surface area contributed by atoms with Crippen molar-refractivity contribution in [2.45, 2.75) is 75.8 Å². The molecule has 8 nitrogen and oxygen atoms in total. The van der Waals surface area contributed by atoms with Gasteiger partial charge in [0.05, 0.1) is 37.2 Å². The molecule has 2 fully saturated rings. The molecule has 0 atom stereocenters. The lowest BCUT2D eigenvalue weighted by atomic mass is 9.85. The molecule has 0 bridgehead atoms. The Bertz CT molecular complexity index is 1320. The number of hydrogen-bond acceptors (Lipinski definition) is 6. The minimum atomic E-state index is -4.33. The Kier molecular flexibility index (Phi) is 9.79. The van der Waals surface area contributed by atoms with Crippen molar-refractivity contribution < 1.29 is 55.0 Å². The van der Waals surface area contributed by atoms with E-state index < -0.39 is 60.0 Å². The molecule has 0 heterocycles. The maximum Gasteiger partial charge on any atom is 0.391 e. The summed E-state index contributed by atoms with van der Waals surface area (Å²) in [5.74, 6) is -6.20. The molecule has 0 aromatic heterocycles. The number of methoxy groups -OCH3 is 2. The molecule has 240 valence electrons. The molecule has 2 aromatic carbocycles. The lowest BCUT2D eigenvalue weighted by Gasteiger charge is -2.30. The van der Waals surface area contributed by atoms with Crippen LogP contribution in [-0.2, 0) is 9.47 Å². The molecular weight excluding hydrogens is 598 g/mol. The van der Waals surface area contributed by atoms with E-state index in [2.05, 4.69) is 10.6 Å². The van der Waals surface area contributed by atoms with Gasteiger partial charge in [0.15, 0.2) is 0 Å². The molecule has 0 radical (unpaired) electrons. The van der Waals surface area contributed by atoms with Crippen molar-refractivity contribution >= 4 is 34.5 Å². The number of benzene rings is 2.